The third-order valence-corrected chi connectivity index (χ3v) is 4.09. The van der Waals surface area contributed by atoms with Crippen molar-refractivity contribution in [3.63, 3.8) is 0 Å². The molecule has 23 heavy (non-hydrogen) atoms. The number of aromatic nitrogens is 1. The highest BCUT2D eigenvalue weighted by atomic mass is 16.5. The molecule has 2 heterocycles. The van der Waals surface area contributed by atoms with Crippen molar-refractivity contribution in [1.29, 1.82) is 0 Å². The molecule has 5 nitrogen and oxygen atoms in total. The Hall–Kier alpha value is -2.40. The molecule has 3 rings (SSSR count). The van der Waals surface area contributed by atoms with Gasteiger partial charge in [0.2, 0.25) is 0 Å². The molecule has 1 aliphatic rings. The van der Waals surface area contributed by atoms with Gasteiger partial charge in [0, 0.05) is 17.8 Å². The molecular weight excluding hydrogens is 290 g/mol. The Morgan fingerprint density at radius 2 is 2.09 bits per heavy atom. The lowest BCUT2D eigenvalue weighted by atomic mass is 9.95. The van der Waals surface area contributed by atoms with E-state index in [0.29, 0.717) is 23.0 Å². The molecule has 5 heteroatoms. The van der Waals surface area contributed by atoms with E-state index in [0.717, 1.165) is 19.5 Å². The Morgan fingerprint density at radius 3 is 2.78 bits per heavy atom. The van der Waals surface area contributed by atoms with Crippen LogP contribution in [0.1, 0.15) is 23.7 Å². The lowest BCUT2D eigenvalue weighted by Crippen LogP contribution is -2.48. The van der Waals surface area contributed by atoms with Gasteiger partial charge in [-0.1, -0.05) is 6.92 Å². The molecule has 1 aliphatic heterocycles. The molecule has 0 aliphatic carbocycles. The average Bonchev–Trinajstić information content (AvgIpc) is 2.58. The fraction of sp³-hybridized carbons (Fsp3) is 0.333. The van der Waals surface area contributed by atoms with E-state index < -0.39 is 0 Å². The molecule has 0 saturated carbocycles. The topological polar surface area (TPSA) is 63.2 Å². The molecule has 120 valence electrons. The van der Waals surface area contributed by atoms with E-state index in [2.05, 4.69) is 22.5 Å². The zero-order valence-corrected chi connectivity index (χ0v) is 13.2. The number of carbonyl (C=O) groups is 1. The van der Waals surface area contributed by atoms with Gasteiger partial charge in [0.25, 0.3) is 5.91 Å². The first kappa shape index (κ1) is 15.5. The maximum absolute atomic E-state index is 12.3. The predicted octanol–water partition coefficient (Wildman–Crippen LogP) is 2.60. The molecule has 0 bridgehead atoms. The Kier molecular flexibility index (Phi) is 4.88. The molecule has 0 radical (unpaired) electrons. The van der Waals surface area contributed by atoms with Crippen molar-refractivity contribution in [2.75, 3.05) is 13.1 Å². The summed E-state index contributed by atoms with van der Waals surface area (Å²) in [5.41, 5.74) is 0.647. The smallest absolute Gasteiger partial charge is 0.251 e. The van der Waals surface area contributed by atoms with Crippen LogP contribution in [0.3, 0.4) is 0 Å². The Labute approximate surface area is 136 Å². The molecule has 2 N–H and O–H groups in total. The lowest BCUT2D eigenvalue weighted by Gasteiger charge is -2.30. The maximum atomic E-state index is 12.3. The number of hydrogen-bond donors (Lipinski definition) is 2. The van der Waals surface area contributed by atoms with Crippen LogP contribution in [0.2, 0.25) is 0 Å². The number of rotatable bonds is 4. The summed E-state index contributed by atoms with van der Waals surface area (Å²) >= 11 is 0. The molecule has 2 atom stereocenters. The van der Waals surface area contributed by atoms with E-state index in [9.17, 15) is 4.79 Å². The van der Waals surface area contributed by atoms with Crippen LogP contribution in [0, 0.1) is 5.92 Å². The van der Waals surface area contributed by atoms with Crippen molar-refractivity contribution in [2.45, 2.75) is 19.4 Å². The molecule has 0 spiro atoms. The van der Waals surface area contributed by atoms with Crippen LogP contribution in [-0.4, -0.2) is 30.0 Å². The molecule has 1 aromatic heterocycles. The van der Waals surface area contributed by atoms with Crippen LogP contribution in [0.4, 0.5) is 0 Å². The molecular formula is C18H21N3O2. The zero-order valence-electron chi connectivity index (χ0n) is 13.2. The van der Waals surface area contributed by atoms with Gasteiger partial charge in [-0.25, -0.2) is 0 Å². The fourth-order valence-corrected chi connectivity index (χ4v) is 2.70. The third-order valence-electron chi connectivity index (χ3n) is 4.09. The standard InChI is InChI=1S/C18H21N3O2/c1-13-11-20-10-8-17(13)21-18(22)14-4-6-15(7-5-14)23-16-3-2-9-19-12-16/h2-7,9,12-13,17,20H,8,10-11H2,1H3,(H,21,22). The molecule has 1 amide bonds. The molecule has 1 saturated heterocycles. The van der Waals surface area contributed by atoms with Crippen LogP contribution < -0.4 is 15.4 Å². The van der Waals surface area contributed by atoms with E-state index >= 15 is 0 Å². The summed E-state index contributed by atoms with van der Waals surface area (Å²) in [6.45, 7) is 4.05. The van der Waals surface area contributed by atoms with Gasteiger partial charge in [0.05, 0.1) is 6.20 Å². The van der Waals surface area contributed by atoms with E-state index in [4.69, 9.17) is 4.74 Å². The zero-order chi connectivity index (χ0) is 16.1. The first-order chi connectivity index (χ1) is 11.2. The van der Waals surface area contributed by atoms with Gasteiger partial charge in [0.15, 0.2) is 0 Å². The second-order valence-corrected chi connectivity index (χ2v) is 5.87. The minimum Gasteiger partial charge on any atom is -0.456 e. The monoisotopic (exact) mass is 311 g/mol. The maximum Gasteiger partial charge on any atom is 0.251 e. The number of carbonyl (C=O) groups excluding carboxylic acids is 1. The summed E-state index contributed by atoms with van der Waals surface area (Å²) < 4.78 is 5.68. The second kappa shape index (κ2) is 7.24. The Bertz CT molecular complexity index is 643. The summed E-state index contributed by atoms with van der Waals surface area (Å²) in [5, 5.41) is 6.46. The van der Waals surface area contributed by atoms with Gasteiger partial charge in [-0.05, 0) is 61.8 Å². The van der Waals surface area contributed by atoms with Crippen LogP contribution >= 0.6 is 0 Å². The summed E-state index contributed by atoms with van der Waals surface area (Å²) in [6.07, 6.45) is 4.32. The molecule has 2 unspecified atom stereocenters. The van der Waals surface area contributed by atoms with Gasteiger partial charge >= 0.3 is 0 Å². The number of benzene rings is 1. The third kappa shape index (κ3) is 4.07. The highest BCUT2D eigenvalue weighted by Crippen LogP contribution is 2.20. The first-order valence-corrected chi connectivity index (χ1v) is 7.92. The summed E-state index contributed by atoms with van der Waals surface area (Å²) in [6, 6.07) is 11.1. The van der Waals surface area contributed by atoms with Crippen LogP contribution in [0.5, 0.6) is 11.5 Å². The highest BCUT2D eigenvalue weighted by molar-refractivity contribution is 5.94. The number of hydrogen-bond acceptors (Lipinski definition) is 4. The average molecular weight is 311 g/mol. The largest absolute Gasteiger partial charge is 0.456 e. The molecule has 1 aromatic carbocycles. The van der Waals surface area contributed by atoms with E-state index in [1.165, 1.54) is 0 Å². The van der Waals surface area contributed by atoms with E-state index in [1.807, 2.05) is 12.1 Å². The first-order valence-electron chi connectivity index (χ1n) is 7.92. The fourth-order valence-electron chi connectivity index (χ4n) is 2.70. The number of pyridine rings is 1. The molecule has 1 fully saturated rings. The lowest BCUT2D eigenvalue weighted by molar-refractivity contribution is 0.0914. The van der Waals surface area contributed by atoms with Crippen LogP contribution in [0.25, 0.3) is 0 Å². The summed E-state index contributed by atoms with van der Waals surface area (Å²) in [5.74, 6) is 1.77. The summed E-state index contributed by atoms with van der Waals surface area (Å²) in [7, 11) is 0. The van der Waals surface area contributed by atoms with Crippen LogP contribution in [0.15, 0.2) is 48.8 Å². The minimum absolute atomic E-state index is 0.0309. The van der Waals surface area contributed by atoms with Crippen molar-refractivity contribution in [2.24, 2.45) is 5.92 Å². The molecule has 2 aromatic rings. The number of nitrogens with one attached hydrogen (secondary N) is 2. The van der Waals surface area contributed by atoms with E-state index in [1.54, 1.807) is 36.7 Å². The normalized spacial score (nSPS) is 20.7. The highest BCUT2D eigenvalue weighted by Gasteiger charge is 2.22. The van der Waals surface area contributed by atoms with Gasteiger partial charge in [-0.2, -0.15) is 0 Å². The van der Waals surface area contributed by atoms with Gasteiger partial charge < -0.3 is 15.4 Å². The predicted molar refractivity (Wildman–Crippen MR) is 88.7 cm³/mol. The number of nitrogens with zero attached hydrogens (tertiary/aromatic N) is 1. The minimum atomic E-state index is -0.0309. The van der Waals surface area contributed by atoms with Gasteiger partial charge in [-0.15, -0.1) is 0 Å². The quantitative estimate of drug-likeness (QED) is 0.911. The van der Waals surface area contributed by atoms with Crippen LogP contribution in [-0.2, 0) is 0 Å². The number of ether oxygens (including phenoxy) is 1. The SMILES string of the molecule is CC1CNCCC1NC(=O)c1ccc(Oc2cccnc2)cc1. The van der Waals surface area contributed by atoms with Crippen molar-refractivity contribution in [3.05, 3.63) is 54.4 Å². The van der Waals surface area contributed by atoms with Crippen molar-refractivity contribution < 1.29 is 9.53 Å². The van der Waals surface area contributed by atoms with Crippen molar-refractivity contribution >= 4 is 5.91 Å². The van der Waals surface area contributed by atoms with E-state index in [-0.39, 0.29) is 11.9 Å². The number of piperidine rings is 1. The number of amides is 1. The summed E-state index contributed by atoms with van der Waals surface area (Å²) in [4.78, 5) is 16.4. The van der Waals surface area contributed by atoms with Gasteiger partial charge in [-0.3, -0.25) is 9.78 Å². The van der Waals surface area contributed by atoms with Gasteiger partial charge in [0.1, 0.15) is 11.5 Å². The van der Waals surface area contributed by atoms with Crippen molar-refractivity contribution in [1.82, 2.24) is 15.6 Å². The van der Waals surface area contributed by atoms with Crippen molar-refractivity contribution in [3.8, 4) is 11.5 Å². The Balaban J connectivity index is 1.61. The second-order valence-electron chi connectivity index (χ2n) is 5.87. The Morgan fingerprint density at radius 1 is 1.26 bits per heavy atom.